The molecule has 1 aromatic heterocycles. The van der Waals surface area contributed by atoms with Crippen molar-refractivity contribution in [1.82, 2.24) is 9.97 Å². The molecule has 0 radical (unpaired) electrons. The van der Waals surface area contributed by atoms with Crippen LogP contribution < -0.4 is 5.32 Å². The number of hydrogen-bond donors (Lipinski definition) is 2. The summed E-state index contributed by atoms with van der Waals surface area (Å²) in [6.45, 7) is 3.71. The maximum Gasteiger partial charge on any atom is 0.326 e. The number of aromatic nitrogens is 2. The number of benzene rings is 1. The van der Waals surface area contributed by atoms with Crippen molar-refractivity contribution >= 4 is 23.5 Å². The summed E-state index contributed by atoms with van der Waals surface area (Å²) >= 11 is 1.57. The first-order chi connectivity index (χ1) is 10.6. The van der Waals surface area contributed by atoms with Crippen molar-refractivity contribution < 1.29 is 9.90 Å². The van der Waals surface area contributed by atoms with Crippen LogP contribution in [0.3, 0.4) is 0 Å². The second-order valence-corrected chi connectivity index (χ2v) is 6.22. The Labute approximate surface area is 134 Å². The van der Waals surface area contributed by atoms with E-state index in [9.17, 15) is 9.90 Å². The second-order valence-electron chi connectivity index (χ2n) is 5.22. The fourth-order valence-corrected chi connectivity index (χ4v) is 2.70. The summed E-state index contributed by atoms with van der Waals surface area (Å²) in [6, 6.07) is 9.42. The molecular weight excluding hydrogens is 298 g/mol. The van der Waals surface area contributed by atoms with Crippen LogP contribution in [0.15, 0.2) is 47.8 Å². The summed E-state index contributed by atoms with van der Waals surface area (Å²) in [5, 5.41) is 12.9. The molecule has 0 aliphatic carbocycles. The van der Waals surface area contributed by atoms with Crippen molar-refractivity contribution in [2.75, 3.05) is 5.32 Å². The van der Waals surface area contributed by atoms with Gasteiger partial charge in [0, 0.05) is 5.75 Å². The summed E-state index contributed by atoms with van der Waals surface area (Å²) in [7, 11) is 0. The standard InChI is InChI=1S/C16H19N3O2S/c1-11(2)15(16(20)21)19-13-8-17-9-14(18-13)22-10-12-6-4-3-5-7-12/h3-9,11,15H,10H2,1-2H3,(H,18,19)(H,20,21)/t15-/m1/s1. The van der Waals surface area contributed by atoms with Crippen LogP contribution in [0.2, 0.25) is 0 Å². The van der Waals surface area contributed by atoms with Crippen molar-refractivity contribution in [3.05, 3.63) is 48.3 Å². The minimum Gasteiger partial charge on any atom is -0.480 e. The van der Waals surface area contributed by atoms with Crippen molar-refractivity contribution in [2.24, 2.45) is 5.92 Å². The predicted molar refractivity (Wildman–Crippen MR) is 87.9 cm³/mol. The molecular formula is C16H19N3O2S. The van der Waals surface area contributed by atoms with Gasteiger partial charge in [-0.15, -0.1) is 11.8 Å². The molecule has 1 heterocycles. The highest BCUT2D eigenvalue weighted by atomic mass is 32.2. The first kappa shape index (κ1) is 16.3. The topological polar surface area (TPSA) is 75.1 Å². The lowest BCUT2D eigenvalue weighted by molar-refractivity contribution is -0.138. The Morgan fingerprint density at radius 3 is 2.64 bits per heavy atom. The molecule has 6 heteroatoms. The van der Waals surface area contributed by atoms with E-state index in [-0.39, 0.29) is 5.92 Å². The number of nitrogens with one attached hydrogen (secondary N) is 1. The highest BCUT2D eigenvalue weighted by Gasteiger charge is 2.21. The van der Waals surface area contributed by atoms with E-state index in [0.29, 0.717) is 5.82 Å². The number of anilines is 1. The minimum atomic E-state index is -0.890. The molecule has 5 nitrogen and oxygen atoms in total. The molecule has 2 aromatic rings. The zero-order valence-electron chi connectivity index (χ0n) is 12.6. The molecule has 0 aliphatic rings. The lowest BCUT2D eigenvalue weighted by Gasteiger charge is -2.18. The van der Waals surface area contributed by atoms with Crippen molar-refractivity contribution in [1.29, 1.82) is 0 Å². The van der Waals surface area contributed by atoms with Gasteiger partial charge < -0.3 is 10.4 Å². The van der Waals surface area contributed by atoms with E-state index in [2.05, 4.69) is 27.4 Å². The van der Waals surface area contributed by atoms with E-state index in [1.807, 2.05) is 32.0 Å². The number of nitrogens with zero attached hydrogens (tertiary/aromatic N) is 2. The molecule has 2 rings (SSSR count). The van der Waals surface area contributed by atoms with Crippen LogP contribution in [0.1, 0.15) is 19.4 Å². The van der Waals surface area contributed by atoms with E-state index in [4.69, 9.17) is 0 Å². The third-order valence-electron chi connectivity index (χ3n) is 3.08. The molecule has 2 N–H and O–H groups in total. The number of aliphatic carboxylic acids is 1. The average Bonchev–Trinajstić information content (AvgIpc) is 2.51. The lowest BCUT2D eigenvalue weighted by Crippen LogP contribution is -2.34. The number of carboxylic acid groups (broad SMARTS) is 1. The van der Waals surface area contributed by atoms with Gasteiger partial charge in [-0.05, 0) is 11.5 Å². The Kier molecular flexibility index (Phi) is 5.77. The molecule has 0 unspecified atom stereocenters. The van der Waals surface area contributed by atoms with Crippen LogP contribution >= 0.6 is 11.8 Å². The minimum absolute atomic E-state index is 0.0417. The largest absolute Gasteiger partial charge is 0.480 e. The molecule has 22 heavy (non-hydrogen) atoms. The van der Waals surface area contributed by atoms with Gasteiger partial charge in [0.05, 0.1) is 12.4 Å². The molecule has 116 valence electrons. The van der Waals surface area contributed by atoms with E-state index in [0.717, 1.165) is 10.8 Å². The highest BCUT2D eigenvalue weighted by Crippen LogP contribution is 2.21. The Morgan fingerprint density at radius 2 is 2.00 bits per heavy atom. The van der Waals surface area contributed by atoms with Crippen molar-refractivity contribution in [2.45, 2.75) is 30.7 Å². The monoisotopic (exact) mass is 317 g/mol. The molecule has 0 fully saturated rings. The van der Waals surface area contributed by atoms with Crippen LogP contribution in [0.5, 0.6) is 0 Å². The van der Waals surface area contributed by atoms with E-state index in [1.54, 1.807) is 24.2 Å². The fraction of sp³-hybridized carbons (Fsp3) is 0.312. The van der Waals surface area contributed by atoms with Gasteiger partial charge in [0.2, 0.25) is 0 Å². The smallest absolute Gasteiger partial charge is 0.326 e. The zero-order valence-corrected chi connectivity index (χ0v) is 13.4. The molecule has 0 saturated carbocycles. The Hall–Kier alpha value is -2.08. The van der Waals surface area contributed by atoms with Gasteiger partial charge in [0.15, 0.2) is 0 Å². The van der Waals surface area contributed by atoms with Crippen molar-refractivity contribution in [3.8, 4) is 0 Å². The number of rotatable bonds is 7. The van der Waals surface area contributed by atoms with Gasteiger partial charge >= 0.3 is 5.97 Å². The Morgan fingerprint density at radius 1 is 1.27 bits per heavy atom. The molecule has 0 amide bonds. The first-order valence-corrected chi connectivity index (χ1v) is 8.03. The number of hydrogen-bond acceptors (Lipinski definition) is 5. The van der Waals surface area contributed by atoms with Crippen molar-refractivity contribution in [3.63, 3.8) is 0 Å². The van der Waals surface area contributed by atoms with Crippen LogP contribution in [-0.2, 0) is 10.5 Å². The molecule has 1 atom stereocenters. The number of thioether (sulfide) groups is 1. The van der Waals surface area contributed by atoms with Gasteiger partial charge in [-0.1, -0.05) is 44.2 Å². The third kappa shape index (κ3) is 4.73. The second kappa shape index (κ2) is 7.79. The molecule has 1 aromatic carbocycles. The first-order valence-electron chi connectivity index (χ1n) is 7.04. The van der Waals surface area contributed by atoms with Gasteiger partial charge in [0.1, 0.15) is 16.9 Å². The van der Waals surface area contributed by atoms with E-state index in [1.165, 1.54) is 5.56 Å². The quantitative estimate of drug-likeness (QED) is 0.763. The van der Waals surface area contributed by atoms with Gasteiger partial charge in [-0.3, -0.25) is 4.98 Å². The SMILES string of the molecule is CC(C)[C@@H](Nc1cncc(SCc2ccccc2)n1)C(=O)O. The Balaban J connectivity index is 2.02. The summed E-state index contributed by atoms with van der Waals surface area (Å²) in [5.41, 5.74) is 1.21. The lowest BCUT2D eigenvalue weighted by atomic mass is 10.1. The van der Waals surface area contributed by atoms with Gasteiger partial charge in [-0.25, -0.2) is 9.78 Å². The molecule has 0 aliphatic heterocycles. The summed E-state index contributed by atoms with van der Waals surface area (Å²) in [6.07, 6.45) is 3.23. The van der Waals surface area contributed by atoms with Gasteiger partial charge in [0.25, 0.3) is 0 Å². The summed E-state index contributed by atoms with van der Waals surface area (Å²) in [4.78, 5) is 19.8. The normalized spacial score (nSPS) is 12.1. The maximum absolute atomic E-state index is 11.2. The zero-order chi connectivity index (χ0) is 15.9. The molecule has 0 saturated heterocycles. The van der Waals surface area contributed by atoms with Gasteiger partial charge in [-0.2, -0.15) is 0 Å². The van der Waals surface area contributed by atoms with Crippen LogP contribution in [0.4, 0.5) is 5.82 Å². The van der Waals surface area contributed by atoms with Crippen LogP contribution in [0.25, 0.3) is 0 Å². The van der Waals surface area contributed by atoms with Crippen LogP contribution in [-0.4, -0.2) is 27.1 Å². The molecule has 0 spiro atoms. The fourth-order valence-electron chi connectivity index (χ4n) is 1.89. The average molecular weight is 317 g/mol. The summed E-state index contributed by atoms with van der Waals surface area (Å²) in [5.74, 6) is 0.351. The van der Waals surface area contributed by atoms with Crippen LogP contribution in [0, 0.1) is 5.92 Å². The highest BCUT2D eigenvalue weighted by molar-refractivity contribution is 7.98. The number of carbonyl (C=O) groups is 1. The maximum atomic E-state index is 11.2. The summed E-state index contributed by atoms with van der Waals surface area (Å²) < 4.78 is 0. The van der Waals surface area contributed by atoms with E-state index >= 15 is 0 Å². The number of carboxylic acids is 1. The molecule has 0 bridgehead atoms. The Bertz CT molecular complexity index is 620. The third-order valence-corrected chi connectivity index (χ3v) is 4.05. The predicted octanol–water partition coefficient (Wildman–Crippen LogP) is 3.29. The van der Waals surface area contributed by atoms with E-state index < -0.39 is 12.0 Å².